The fraction of sp³-hybridized carbons (Fsp3) is 0.818. The van der Waals surface area contributed by atoms with Gasteiger partial charge in [-0.15, -0.1) is 0 Å². The first kappa shape index (κ1) is 10.5. The lowest BCUT2D eigenvalue weighted by Crippen LogP contribution is -2.52. The molecule has 1 heterocycles. The van der Waals surface area contributed by atoms with Gasteiger partial charge in [-0.2, -0.15) is 0 Å². The number of carbonyl (C=O) groups is 2. The molecule has 1 amide bonds. The Labute approximate surface area is 89.3 Å². The molecule has 0 spiro atoms. The molecule has 1 saturated heterocycles. The van der Waals surface area contributed by atoms with Crippen molar-refractivity contribution in [1.29, 1.82) is 0 Å². The summed E-state index contributed by atoms with van der Waals surface area (Å²) in [5.74, 6) is -0.845. The summed E-state index contributed by atoms with van der Waals surface area (Å²) < 4.78 is 0. The van der Waals surface area contributed by atoms with Crippen molar-refractivity contribution in [3.8, 4) is 0 Å². The summed E-state index contributed by atoms with van der Waals surface area (Å²) >= 11 is 0. The van der Waals surface area contributed by atoms with Crippen LogP contribution in [-0.4, -0.2) is 34.0 Å². The van der Waals surface area contributed by atoms with Crippen LogP contribution < -0.4 is 0 Å². The number of amides is 1. The summed E-state index contributed by atoms with van der Waals surface area (Å²) in [6.45, 7) is 4.18. The number of nitrogens with zero attached hydrogens (tertiary/aromatic N) is 1. The van der Waals surface area contributed by atoms with Crippen LogP contribution in [-0.2, 0) is 9.59 Å². The van der Waals surface area contributed by atoms with E-state index in [1.165, 1.54) is 0 Å². The van der Waals surface area contributed by atoms with E-state index >= 15 is 0 Å². The van der Waals surface area contributed by atoms with Gasteiger partial charge in [-0.25, -0.2) is 4.79 Å². The standard InChI is InChI=1S/C11H17NO3/c1-10(5-6-10)8(13)12-7-3-4-11(12,2)9(14)15/h3-7H2,1-2H3,(H,14,15)/t11-/m0/s1. The first-order chi connectivity index (χ1) is 6.90. The number of carboxylic acid groups (broad SMARTS) is 1. The zero-order chi connectivity index (χ0) is 11.3. The Morgan fingerprint density at radius 1 is 1.20 bits per heavy atom. The molecule has 1 aliphatic heterocycles. The SMILES string of the molecule is CC1(C(=O)N2CCC[C@@]2(C)C(=O)O)CC1. The maximum atomic E-state index is 12.1. The van der Waals surface area contributed by atoms with Crippen molar-refractivity contribution in [2.45, 2.75) is 45.1 Å². The van der Waals surface area contributed by atoms with Crippen LogP contribution in [0.1, 0.15) is 39.5 Å². The van der Waals surface area contributed by atoms with Crippen molar-refractivity contribution in [3.05, 3.63) is 0 Å². The topological polar surface area (TPSA) is 57.6 Å². The molecule has 0 aromatic carbocycles. The van der Waals surface area contributed by atoms with E-state index in [1.807, 2.05) is 6.92 Å². The average Bonchev–Trinajstić information content (AvgIpc) is 2.78. The van der Waals surface area contributed by atoms with Crippen molar-refractivity contribution in [1.82, 2.24) is 4.90 Å². The first-order valence-corrected chi connectivity index (χ1v) is 5.46. The maximum Gasteiger partial charge on any atom is 0.329 e. The lowest BCUT2D eigenvalue weighted by atomic mass is 9.97. The van der Waals surface area contributed by atoms with Crippen LogP contribution in [0.4, 0.5) is 0 Å². The normalized spacial score (nSPS) is 32.8. The molecule has 1 aliphatic carbocycles. The number of aliphatic carboxylic acids is 1. The summed E-state index contributed by atoms with van der Waals surface area (Å²) in [5, 5.41) is 9.18. The number of likely N-dealkylation sites (tertiary alicyclic amines) is 1. The first-order valence-electron chi connectivity index (χ1n) is 5.46. The van der Waals surface area contributed by atoms with Gasteiger partial charge in [0.1, 0.15) is 5.54 Å². The Balaban J connectivity index is 2.21. The molecule has 4 nitrogen and oxygen atoms in total. The molecule has 0 radical (unpaired) electrons. The van der Waals surface area contributed by atoms with E-state index in [1.54, 1.807) is 11.8 Å². The quantitative estimate of drug-likeness (QED) is 0.748. The van der Waals surface area contributed by atoms with E-state index in [2.05, 4.69) is 0 Å². The third-order valence-electron chi connectivity index (χ3n) is 3.86. The summed E-state index contributed by atoms with van der Waals surface area (Å²) in [6, 6.07) is 0. The maximum absolute atomic E-state index is 12.1. The highest BCUT2D eigenvalue weighted by atomic mass is 16.4. The third-order valence-corrected chi connectivity index (χ3v) is 3.86. The molecule has 0 bridgehead atoms. The minimum atomic E-state index is -0.970. The second kappa shape index (κ2) is 2.97. The molecule has 15 heavy (non-hydrogen) atoms. The average molecular weight is 211 g/mol. The van der Waals surface area contributed by atoms with Gasteiger partial charge in [0.25, 0.3) is 0 Å². The van der Waals surface area contributed by atoms with Crippen molar-refractivity contribution in [2.24, 2.45) is 5.41 Å². The minimum Gasteiger partial charge on any atom is -0.480 e. The number of carbonyl (C=O) groups excluding carboxylic acids is 1. The predicted octanol–water partition coefficient (Wildman–Crippen LogP) is 1.25. The van der Waals surface area contributed by atoms with Gasteiger partial charge in [-0.1, -0.05) is 6.92 Å². The number of hydrogen-bond donors (Lipinski definition) is 1. The highest BCUT2D eigenvalue weighted by Gasteiger charge is 2.54. The molecular weight excluding hydrogens is 194 g/mol. The molecular formula is C11H17NO3. The van der Waals surface area contributed by atoms with Crippen LogP contribution in [0.25, 0.3) is 0 Å². The van der Waals surface area contributed by atoms with E-state index in [9.17, 15) is 14.7 Å². The van der Waals surface area contributed by atoms with Gasteiger partial charge in [0.05, 0.1) is 0 Å². The van der Waals surface area contributed by atoms with Crippen LogP contribution in [0.3, 0.4) is 0 Å². The Morgan fingerprint density at radius 2 is 1.80 bits per heavy atom. The fourth-order valence-electron chi connectivity index (χ4n) is 2.24. The summed E-state index contributed by atoms with van der Waals surface area (Å²) in [5.41, 5.74) is -1.23. The molecule has 1 saturated carbocycles. The van der Waals surface area contributed by atoms with Gasteiger partial charge < -0.3 is 10.0 Å². The van der Waals surface area contributed by atoms with E-state index in [0.29, 0.717) is 13.0 Å². The van der Waals surface area contributed by atoms with Crippen LogP contribution >= 0.6 is 0 Å². The molecule has 2 aliphatic rings. The van der Waals surface area contributed by atoms with Crippen molar-refractivity contribution in [2.75, 3.05) is 6.54 Å². The summed E-state index contributed by atoms with van der Waals surface area (Å²) in [6.07, 6.45) is 3.17. The lowest BCUT2D eigenvalue weighted by molar-refractivity contribution is -0.157. The van der Waals surface area contributed by atoms with E-state index in [4.69, 9.17) is 0 Å². The molecule has 2 rings (SSSR count). The zero-order valence-corrected chi connectivity index (χ0v) is 9.25. The molecule has 0 aromatic rings. The second-order valence-corrected chi connectivity index (χ2v) is 5.20. The van der Waals surface area contributed by atoms with E-state index in [0.717, 1.165) is 19.3 Å². The van der Waals surface area contributed by atoms with Gasteiger partial charge >= 0.3 is 5.97 Å². The summed E-state index contributed by atoms with van der Waals surface area (Å²) in [7, 11) is 0. The highest BCUT2D eigenvalue weighted by molar-refractivity contribution is 5.91. The number of rotatable bonds is 2. The minimum absolute atomic E-state index is 0.0323. The van der Waals surface area contributed by atoms with Crippen LogP contribution in [0.15, 0.2) is 0 Å². The Hall–Kier alpha value is -1.06. The lowest BCUT2D eigenvalue weighted by Gasteiger charge is -2.33. The Bertz CT molecular complexity index is 322. The molecule has 2 fully saturated rings. The van der Waals surface area contributed by atoms with Gasteiger partial charge in [0.2, 0.25) is 5.91 Å². The monoisotopic (exact) mass is 211 g/mol. The van der Waals surface area contributed by atoms with Gasteiger partial charge in [-0.05, 0) is 32.6 Å². The smallest absolute Gasteiger partial charge is 0.329 e. The largest absolute Gasteiger partial charge is 0.480 e. The highest BCUT2D eigenvalue weighted by Crippen LogP contribution is 2.48. The van der Waals surface area contributed by atoms with Crippen LogP contribution in [0.2, 0.25) is 0 Å². The third kappa shape index (κ3) is 1.43. The molecule has 0 aromatic heterocycles. The molecule has 4 heteroatoms. The van der Waals surface area contributed by atoms with Crippen molar-refractivity contribution >= 4 is 11.9 Å². The van der Waals surface area contributed by atoms with Crippen LogP contribution in [0, 0.1) is 5.41 Å². The van der Waals surface area contributed by atoms with E-state index < -0.39 is 11.5 Å². The summed E-state index contributed by atoms with van der Waals surface area (Å²) in [4.78, 5) is 24.9. The second-order valence-electron chi connectivity index (χ2n) is 5.20. The Morgan fingerprint density at radius 3 is 2.27 bits per heavy atom. The predicted molar refractivity (Wildman–Crippen MR) is 54.3 cm³/mol. The van der Waals surface area contributed by atoms with Crippen LogP contribution in [0.5, 0.6) is 0 Å². The Kier molecular flexibility index (Phi) is 2.07. The molecule has 0 unspecified atom stereocenters. The van der Waals surface area contributed by atoms with E-state index in [-0.39, 0.29) is 11.3 Å². The molecule has 1 N–H and O–H groups in total. The van der Waals surface area contributed by atoms with Gasteiger partial charge in [-0.3, -0.25) is 4.79 Å². The van der Waals surface area contributed by atoms with Crippen molar-refractivity contribution < 1.29 is 14.7 Å². The number of hydrogen-bond acceptors (Lipinski definition) is 2. The molecule has 84 valence electrons. The fourth-order valence-corrected chi connectivity index (χ4v) is 2.24. The zero-order valence-electron chi connectivity index (χ0n) is 9.25. The van der Waals surface area contributed by atoms with Crippen molar-refractivity contribution in [3.63, 3.8) is 0 Å². The van der Waals surface area contributed by atoms with Gasteiger partial charge in [0, 0.05) is 12.0 Å². The molecule has 1 atom stereocenters. The number of carboxylic acids is 1. The van der Waals surface area contributed by atoms with Gasteiger partial charge in [0.15, 0.2) is 0 Å².